The lowest BCUT2D eigenvalue weighted by Crippen LogP contribution is -2.09. The minimum atomic E-state index is 1.08. The highest BCUT2D eigenvalue weighted by atomic mass is 15.1. The van der Waals surface area contributed by atoms with Gasteiger partial charge in [0, 0.05) is 56.0 Å². The molecule has 354 valence electrons. The molecule has 0 aliphatic rings. The molecule has 3 nitrogen and oxygen atoms in total. The second-order valence-corrected chi connectivity index (χ2v) is 19.0. The second-order valence-electron chi connectivity index (χ2n) is 19.0. The Bertz CT molecular complexity index is 3860. The standard InChI is InChI=1S/C72H51N3/c1-5-15-51(16-6-1)55-25-37-62(38-26-55)74(63-39-27-56(28-40-63)52-17-7-2-8-18-52)66-45-33-59(34-46-66)61-49-69(72-70(50-61)68-23-13-14-24-71(68)73-72)60-35-47-67(48-36-60)75(64-41-29-57(30-42-64)53-19-9-3-10-20-53)65-43-31-58(32-44-65)54-21-11-4-12-22-54/h1-50,73H. The molecule has 0 atom stereocenters. The average Bonchev–Trinajstić information content (AvgIpc) is 3.88. The van der Waals surface area contributed by atoms with Crippen LogP contribution in [0.1, 0.15) is 0 Å². The summed E-state index contributed by atoms with van der Waals surface area (Å²) < 4.78 is 0. The fourth-order valence-corrected chi connectivity index (χ4v) is 10.6. The SMILES string of the molecule is c1ccc(-c2ccc(N(c3ccc(-c4ccccc4)cc3)c3ccc(-c4cc(-c5ccc(N(c6ccc(-c7ccccc7)cc6)c6ccc(-c7ccccc7)cc6)cc5)c5[nH]c6ccccc6c5c4)cc3)cc2)cc1. The van der Waals surface area contributed by atoms with Crippen molar-refractivity contribution in [1.82, 2.24) is 4.98 Å². The number of aromatic amines is 1. The van der Waals surface area contributed by atoms with Crippen LogP contribution in [0.2, 0.25) is 0 Å². The normalized spacial score (nSPS) is 11.2. The van der Waals surface area contributed by atoms with Gasteiger partial charge in [0.25, 0.3) is 0 Å². The summed E-state index contributed by atoms with van der Waals surface area (Å²) in [6.07, 6.45) is 0. The van der Waals surface area contributed by atoms with Gasteiger partial charge in [0.15, 0.2) is 0 Å². The van der Waals surface area contributed by atoms with Crippen molar-refractivity contribution in [2.75, 3.05) is 9.80 Å². The van der Waals surface area contributed by atoms with Gasteiger partial charge in [0.2, 0.25) is 0 Å². The van der Waals surface area contributed by atoms with E-state index in [0.29, 0.717) is 0 Å². The Hall–Kier alpha value is -9.96. The largest absolute Gasteiger partial charge is 0.354 e. The van der Waals surface area contributed by atoms with E-state index in [1.165, 1.54) is 55.3 Å². The summed E-state index contributed by atoms with van der Waals surface area (Å²) in [4.78, 5) is 8.52. The molecule has 1 N–H and O–H groups in total. The lowest BCUT2D eigenvalue weighted by Gasteiger charge is -2.26. The molecule has 12 aromatic carbocycles. The van der Waals surface area contributed by atoms with E-state index in [9.17, 15) is 0 Å². The van der Waals surface area contributed by atoms with Crippen LogP contribution in [0.5, 0.6) is 0 Å². The van der Waals surface area contributed by atoms with E-state index in [-0.39, 0.29) is 0 Å². The van der Waals surface area contributed by atoms with Crippen LogP contribution in [0.15, 0.2) is 303 Å². The van der Waals surface area contributed by atoms with Gasteiger partial charge in [-0.25, -0.2) is 0 Å². The van der Waals surface area contributed by atoms with Crippen LogP contribution in [0.3, 0.4) is 0 Å². The third kappa shape index (κ3) is 9.05. The Morgan fingerprint density at radius 2 is 0.467 bits per heavy atom. The fraction of sp³-hybridized carbons (Fsp3) is 0. The first-order valence-electron chi connectivity index (χ1n) is 25.6. The first kappa shape index (κ1) is 44.9. The van der Waals surface area contributed by atoms with Crippen molar-refractivity contribution >= 4 is 55.9 Å². The van der Waals surface area contributed by atoms with Crippen molar-refractivity contribution in [2.24, 2.45) is 0 Å². The predicted molar refractivity (Wildman–Crippen MR) is 318 cm³/mol. The van der Waals surface area contributed by atoms with E-state index in [1.807, 2.05) is 0 Å². The van der Waals surface area contributed by atoms with Gasteiger partial charge in [-0.05, 0) is 152 Å². The summed E-state index contributed by atoms with van der Waals surface area (Å²) in [5.41, 5.74) is 22.9. The number of anilines is 6. The molecular formula is C72H51N3. The summed E-state index contributed by atoms with van der Waals surface area (Å²) in [6.45, 7) is 0. The van der Waals surface area contributed by atoms with Crippen molar-refractivity contribution < 1.29 is 0 Å². The number of hydrogen-bond acceptors (Lipinski definition) is 2. The van der Waals surface area contributed by atoms with E-state index in [1.54, 1.807) is 0 Å². The van der Waals surface area contributed by atoms with Crippen LogP contribution in [-0.2, 0) is 0 Å². The number of nitrogens with zero attached hydrogens (tertiary/aromatic N) is 2. The van der Waals surface area contributed by atoms with Crippen LogP contribution in [0, 0.1) is 0 Å². The number of rotatable bonds is 12. The third-order valence-corrected chi connectivity index (χ3v) is 14.4. The topological polar surface area (TPSA) is 22.3 Å². The molecule has 0 unspecified atom stereocenters. The maximum atomic E-state index is 3.82. The van der Waals surface area contributed by atoms with Crippen LogP contribution < -0.4 is 9.80 Å². The Morgan fingerprint density at radius 1 is 0.200 bits per heavy atom. The van der Waals surface area contributed by atoms with Crippen LogP contribution >= 0.6 is 0 Å². The molecule has 1 heterocycles. The Morgan fingerprint density at radius 3 is 0.800 bits per heavy atom. The predicted octanol–water partition coefficient (Wildman–Crippen LogP) is 20.3. The summed E-state index contributed by atoms with van der Waals surface area (Å²) in [5.74, 6) is 0. The fourth-order valence-electron chi connectivity index (χ4n) is 10.6. The summed E-state index contributed by atoms with van der Waals surface area (Å²) in [6, 6.07) is 109. The molecule has 3 heteroatoms. The van der Waals surface area contributed by atoms with Crippen LogP contribution in [0.4, 0.5) is 34.1 Å². The molecule has 0 saturated carbocycles. The minimum absolute atomic E-state index is 1.08. The summed E-state index contributed by atoms with van der Waals surface area (Å²) in [5, 5.41) is 2.40. The molecule has 0 aliphatic heterocycles. The Kier molecular flexibility index (Phi) is 11.9. The van der Waals surface area contributed by atoms with Gasteiger partial charge >= 0.3 is 0 Å². The van der Waals surface area contributed by atoms with Crippen molar-refractivity contribution in [3.8, 4) is 66.8 Å². The van der Waals surface area contributed by atoms with Crippen LogP contribution in [-0.4, -0.2) is 4.98 Å². The molecule has 13 rings (SSSR count). The second kappa shape index (κ2) is 19.9. The number of nitrogens with one attached hydrogen (secondary N) is 1. The Balaban J connectivity index is 0.871. The molecule has 13 aromatic rings. The van der Waals surface area contributed by atoms with Gasteiger partial charge < -0.3 is 14.8 Å². The maximum absolute atomic E-state index is 3.82. The number of hydrogen-bond donors (Lipinski definition) is 1. The van der Waals surface area contributed by atoms with Crippen molar-refractivity contribution in [2.45, 2.75) is 0 Å². The first-order valence-corrected chi connectivity index (χ1v) is 25.6. The molecule has 0 saturated heterocycles. The zero-order chi connectivity index (χ0) is 49.9. The Labute approximate surface area is 438 Å². The monoisotopic (exact) mass is 957 g/mol. The van der Waals surface area contributed by atoms with Gasteiger partial charge in [-0.15, -0.1) is 0 Å². The van der Waals surface area contributed by atoms with Gasteiger partial charge in [-0.3, -0.25) is 0 Å². The minimum Gasteiger partial charge on any atom is -0.354 e. The number of H-pyrrole nitrogens is 1. The van der Waals surface area contributed by atoms with Gasteiger partial charge in [-0.2, -0.15) is 0 Å². The van der Waals surface area contributed by atoms with Gasteiger partial charge in [0.05, 0.1) is 5.52 Å². The summed E-state index contributed by atoms with van der Waals surface area (Å²) in [7, 11) is 0. The third-order valence-electron chi connectivity index (χ3n) is 14.4. The smallest absolute Gasteiger partial charge is 0.0544 e. The van der Waals surface area contributed by atoms with Crippen molar-refractivity contribution in [3.63, 3.8) is 0 Å². The van der Waals surface area contributed by atoms with E-state index in [2.05, 4.69) is 318 Å². The molecular weight excluding hydrogens is 907 g/mol. The van der Waals surface area contributed by atoms with Gasteiger partial charge in [-0.1, -0.05) is 212 Å². The number of para-hydroxylation sites is 1. The lowest BCUT2D eigenvalue weighted by atomic mass is 9.95. The number of aromatic nitrogens is 1. The highest BCUT2D eigenvalue weighted by molar-refractivity contribution is 6.13. The molecule has 0 radical (unpaired) electrons. The van der Waals surface area contributed by atoms with Crippen molar-refractivity contribution in [3.05, 3.63) is 303 Å². The molecule has 0 spiro atoms. The maximum Gasteiger partial charge on any atom is 0.0544 e. The molecule has 0 bridgehead atoms. The molecule has 0 fully saturated rings. The summed E-state index contributed by atoms with van der Waals surface area (Å²) >= 11 is 0. The van der Waals surface area contributed by atoms with E-state index < -0.39 is 0 Å². The highest BCUT2D eigenvalue weighted by Gasteiger charge is 2.19. The van der Waals surface area contributed by atoms with Gasteiger partial charge in [0.1, 0.15) is 0 Å². The molecule has 75 heavy (non-hydrogen) atoms. The van der Waals surface area contributed by atoms with Crippen molar-refractivity contribution in [1.29, 1.82) is 0 Å². The number of fused-ring (bicyclic) bond motifs is 3. The average molecular weight is 958 g/mol. The molecule has 0 aliphatic carbocycles. The highest BCUT2D eigenvalue weighted by Crippen LogP contribution is 2.43. The van der Waals surface area contributed by atoms with E-state index >= 15 is 0 Å². The van der Waals surface area contributed by atoms with E-state index in [4.69, 9.17) is 0 Å². The van der Waals surface area contributed by atoms with Crippen LogP contribution in [0.25, 0.3) is 88.6 Å². The molecule has 0 amide bonds. The lowest BCUT2D eigenvalue weighted by molar-refractivity contribution is 1.28. The quantitative estimate of drug-likeness (QED) is 0.132. The zero-order valence-corrected chi connectivity index (χ0v) is 41.3. The first-order chi connectivity index (χ1) is 37.2. The zero-order valence-electron chi connectivity index (χ0n) is 41.3. The molecule has 1 aromatic heterocycles. The number of benzene rings is 12. The van der Waals surface area contributed by atoms with E-state index in [0.717, 1.165) is 67.4 Å².